The summed E-state index contributed by atoms with van der Waals surface area (Å²) in [5.74, 6) is 0. The highest BCUT2D eigenvalue weighted by molar-refractivity contribution is 9.10. The van der Waals surface area contributed by atoms with E-state index in [1.54, 1.807) is 0 Å². The Morgan fingerprint density at radius 2 is 1.94 bits per heavy atom. The van der Waals surface area contributed by atoms with Crippen molar-refractivity contribution in [2.24, 2.45) is 0 Å². The van der Waals surface area contributed by atoms with Gasteiger partial charge >= 0.3 is 0 Å². The third kappa shape index (κ3) is 3.40. The Morgan fingerprint density at radius 3 is 2.61 bits per heavy atom. The van der Waals surface area contributed by atoms with E-state index in [1.165, 1.54) is 5.56 Å². The monoisotopic (exact) mass is 304 g/mol. The van der Waals surface area contributed by atoms with Crippen molar-refractivity contribution in [2.45, 2.75) is 18.9 Å². The number of pyridine rings is 1. The average Bonchev–Trinajstić information content (AvgIpc) is 2.42. The molecule has 1 heterocycles. The molecular weight excluding hydrogens is 288 g/mol. The Balaban J connectivity index is 2.04. The maximum atomic E-state index is 4.45. The average molecular weight is 305 g/mol. The van der Waals surface area contributed by atoms with E-state index in [-0.39, 0.29) is 6.04 Å². The van der Waals surface area contributed by atoms with E-state index >= 15 is 0 Å². The highest BCUT2D eigenvalue weighted by Crippen LogP contribution is 2.24. The zero-order chi connectivity index (χ0) is 12.8. The molecule has 1 aromatic heterocycles. The summed E-state index contributed by atoms with van der Waals surface area (Å²) in [6, 6.07) is 14.8. The predicted octanol–water partition coefficient (Wildman–Crippen LogP) is 3.74. The Kier molecular flexibility index (Phi) is 4.90. The second-order valence-corrected chi connectivity index (χ2v) is 5.09. The second kappa shape index (κ2) is 6.66. The summed E-state index contributed by atoms with van der Waals surface area (Å²) in [6.07, 6.45) is 3.93. The van der Waals surface area contributed by atoms with Crippen LogP contribution in [0, 0.1) is 0 Å². The smallest absolute Gasteiger partial charge is 0.0714 e. The minimum atomic E-state index is 0.279. The summed E-state index contributed by atoms with van der Waals surface area (Å²) < 4.78 is 1.07. The molecule has 1 atom stereocenters. The van der Waals surface area contributed by atoms with Gasteiger partial charge in [-0.15, -0.1) is 0 Å². The lowest BCUT2D eigenvalue weighted by atomic mass is 10.0. The third-order valence-corrected chi connectivity index (χ3v) is 3.70. The molecular formula is C15H17BrN2. The van der Waals surface area contributed by atoms with Gasteiger partial charge in [-0.3, -0.25) is 4.98 Å². The first-order chi connectivity index (χ1) is 8.81. The Hall–Kier alpha value is -1.19. The fraction of sp³-hybridized carbons (Fsp3) is 0.267. The fourth-order valence-corrected chi connectivity index (χ4v) is 2.56. The molecule has 2 rings (SSSR count). The SMILES string of the molecule is CNC(CCc1ccccc1)c1ncccc1Br. The van der Waals surface area contributed by atoms with Gasteiger partial charge in [-0.05, 0) is 53.5 Å². The highest BCUT2D eigenvalue weighted by atomic mass is 79.9. The fourth-order valence-electron chi connectivity index (χ4n) is 2.03. The first-order valence-electron chi connectivity index (χ1n) is 6.13. The highest BCUT2D eigenvalue weighted by Gasteiger charge is 2.13. The quantitative estimate of drug-likeness (QED) is 0.910. The van der Waals surface area contributed by atoms with Gasteiger partial charge in [-0.1, -0.05) is 30.3 Å². The van der Waals surface area contributed by atoms with Gasteiger partial charge in [0, 0.05) is 10.7 Å². The number of nitrogens with one attached hydrogen (secondary N) is 1. The number of hydrogen-bond donors (Lipinski definition) is 1. The zero-order valence-corrected chi connectivity index (χ0v) is 12.0. The molecule has 0 saturated heterocycles. The van der Waals surface area contributed by atoms with Gasteiger partial charge in [0.1, 0.15) is 0 Å². The van der Waals surface area contributed by atoms with Crippen LogP contribution < -0.4 is 5.32 Å². The van der Waals surface area contributed by atoms with Crippen LogP contribution in [0.3, 0.4) is 0 Å². The molecule has 1 aromatic carbocycles. The molecule has 2 nitrogen and oxygen atoms in total. The molecule has 2 aromatic rings. The van der Waals surface area contributed by atoms with E-state index in [4.69, 9.17) is 0 Å². The minimum Gasteiger partial charge on any atom is -0.312 e. The van der Waals surface area contributed by atoms with Crippen LogP contribution in [0.4, 0.5) is 0 Å². The van der Waals surface area contributed by atoms with E-state index < -0.39 is 0 Å². The molecule has 0 bridgehead atoms. The largest absolute Gasteiger partial charge is 0.312 e. The van der Waals surface area contributed by atoms with Crippen molar-refractivity contribution in [1.29, 1.82) is 0 Å². The van der Waals surface area contributed by atoms with E-state index in [2.05, 4.69) is 50.5 Å². The summed E-state index contributed by atoms with van der Waals surface area (Å²) in [5.41, 5.74) is 2.45. The molecule has 0 aliphatic rings. The van der Waals surface area contributed by atoms with Gasteiger partial charge in [0.25, 0.3) is 0 Å². The van der Waals surface area contributed by atoms with E-state index in [0.29, 0.717) is 0 Å². The maximum absolute atomic E-state index is 4.45. The third-order valence-electron chi connectivity index (χ3n) is 3.03. The standard InChI is InChI=1S/C15H17BrN2/c1-17-14(15-13(16)8-5-11-18-15)10-9-12-6-3-2-4-7-12/h2-8,11,14,17H,9-10H2,1H3. The minimum absolute atomic E-state index is 0.279. The van der Waals surface area contributed by atoms with Crippen LogP contribution in [0.1, 0.15) is 23.7 Å². The maximum Gasteiger partial charge on any atom is 0.0714 e. The van der Waals surface area contributed by atoms with Crippen molar-refractivity contribution in [3.63, 3.8) is 0 Å². The number of aryl methyl sites for hydroxylation is 1. The summed E-state index contributed by atoms with van der Waals surface area (Å²) >= 11 is 3.56. The van der Waals surface area contributed by atoms with Crippen LogP contribution in [0.25, 0.3) is 0 Å². The summed E-state index contributed by atoms with van der Waals surface area (Å²) in [6.45, 7) is 0. The van der Waals surface area contributed by atoms with E-state index in [1.807, 2.05) is 31.4 Å². The lowest BCUT2D eigenvalue weighted by Gasteiger charge is -2.16. The first-order valence-corrected chi connectivity index (χ1v) is 6.92. The molecule has 1 N–H and O–H groups in total. The molecule has 0 aliphatic heterocycles. The van der Waals surface area contributed by atoms with Gasteiger partial charge in [-0.25, -0.2) is 0 Å². The number of benzene rings is 1. The van der Waals surface area contributed by atoms with Crippen LogP contribution in [0.15, 0.2) is 53.1 Å². The van der Waals surface area contributed by atoms with Crippen molar-refractivity contribution in [2.75, 3.05) is 7.05 Å². The predicted molar refractivity (Wildman–Crippen MR) is 78.5 cm³/mol. The first kappa shape index (κ1) is 13.2. The summed E-state index contributed by atoms with van der Waals surface area (Å²) in [4.78, 5) is 4.45. The molecule has 0 amide bonds. The molecule has 0 saturated carbocycles. The zero-order valence-electron chi connectivity index (χ0n) is 10.4. The molecule has 0 aliphatic carbocycles. The molecule has 0 spiro atoms. The lowest BCUT2D eigenvalue weighted by molar-refractivity contribution is 0.533. The summed E-state index contributed by atoms with van der Waals surface area (Å²) in [7, 11) is 1.98. The molecule has 0 radical (unpaired) electrons. The van der Waals surface area contributed by atoms with E-state index in [0.717, 1.165) is 23.0 Å². The molecule has 0 fully saturated rings. The van der Waals surface area contributed by atoms with Crippen molar-refractivity contribution in [1.82, 2.24) is 10.3 Å². The van der Waals surface area contributed by atoms with Crippen LogP contribution >= 0.6 is 15.9 Å². The number of rotatable bonds is 5. The van der Waals surface area contributed by atoms with Gasteiger partial charge in [0.2, 0.25) is 0 Å². The molecule has 3 heteroatoms. The number of nitrogens with zero attached hydrogens (tertiary/aromatic N) is 1. The van der Waals surface area contributed by atoms with Gasteiger partial charge in [-0.2, -0.15) is 0 Å². The Morgan fingerprint density at radius 1 is 1.17 bits per heavy atom. The van der Waals surface area contributed by atoms with E-state index in [9.17, 15) is 0 Å². The van der Waals surface area contributed by atoms with Crippen molar-refractivity contribution < 1.29 is 0 Å². The molecule has 1 unspecified atom stereocenters. The van der Waals surface area contributed by atoms with Gasteiger partial charge in [0.15, 0.2) is 0 Å². The molecule has 18 heavy (non-hydrogen) atoms. The van der Waals surface area contributed by atoms with Crippen LogP contribution in [-0.4, -0.2) is 12.0 Å². The van der Waals surface area contributed by atoms with Crippen molar-refractivity contribution in [3.05, 3.63) is 64.4 Å². The summed E-state index contributed by atoms with van der Waals surface area (Å²) in [5, 5.41) is 3.34. The Bertz CT molecular complexity index is 485. The second-order valence-electron chi connectivity index (χ2n) is 4.24. The Labute approximate surface area is 117 Å². The van der Waals surface area contributed by atoms with Crippen molar-refractivity contribution >= 4 is 15.9 Å². The van der Waals surface area contributed by atoms with Crippen LogP contribution in [0.2, 0.25) is 0 Å². The van der Waals surface area contributed by atoms with Crippen LogP contribution in [0.5, 0.6) is 0 Å². The topological polar surface area (TPSA) is 24.9 Å². The number of hydrogen-bond acceptors (Lipinski definition) is 2. The molecule has 94 valence electrons. The van der Waals surface area contributed by atoms with Gasteiger partial charge < -0.3 is 5.32 Å². The van der Waals surface area contributed by atoms with Gasteiger partial charge in [0.05, 0.1) is 11.7 Å². The van der Waals surface area contributed by atoms with Crippen molar-refractivity contribution in [3.8, 4) is 0 Å². The van der Waals surface area contributed by atoms with Crippen LogP contribution in [-0.2, 0) is 6.42 Å². The number of halogens is 1. The lowest BCUT2D eigenvalue weighted by Crippen LogP contribution is -2.18. The number of aromatic nitrogens is 1. The normalized spacial score (nSPS) is 12.3.